The number of aromatic nitrogens is 2. The highest BCUT2D eigenvalue weighted by atomic mass is 16.5. The summed E-state index contributed by atoms with van der Waals surface area (Å²) in [6.45, 7) is 7.96. The van der Waals surface area contributed by atoms with Crippen molar-refractivity contribution in [2.75, 3.05) is 38.2 Å². The molecule has 0 aromatic carbocycles. The fourth-order valence-corrected chi connectivity index (χ4v) is 2.22. The number of nitrogens with zero attached hydrogens (tertiary/aromatic N) is 2. The Bertz CT molecular complexity index is 408. The molecule has 0 spiro atoms. The standard InChI is InChI=1S/C14H24N4O2/c1-3-19-14-10-13(17-11(2)18-14)16-8-9-20-12-4-6-15-7-5-12/h10,12,15H,3-9H2,1-2H3,(H,16,17,18). The van der Waals surface area contributed by atoms with Gasteiger partial charge in [0, 0.05) is 12.6 Å². The topological polar surface area (TPSA) is 68.3 Å². The molecule has 0 amide bonds. The van der Waals surface area contributed by atoms with E-state index < -0.39 is 0 Å². The van der Waals surface area contributed by atoms with Crippen LogP contribution in [0.1, 0.15) is 25.6 Å². The smallest absolute Gasteiger partial charge is 0.218 e. The van der Waals surface area contributed by atoms with Gasteiger partial charge in [0.1, 0.15) is 11.6 Å². The van der Waals surface area contributed by atoms with Crippen LogP contribution in [-0.4, -0.2) is 48.9 Å². The summed E-state index contributed by atoms with van der Waals surface area (Å²) in [5.74, 6) is 2.11. The molecule has 6 nitrogen and oxygen atoms in total. The van der Waals surface area contributed by atoms with Crippen molar-refractivity contribution >= 4 is 5.82 Å². The Kier molecular flexibility index (Phi) is 6.01. The largest absolute Gasteiger partial charge is 0.478 e. The van der Waals surface area contributed by atoms with Gasteiger partial charge in [-0.25, -0.2) is 4.98 Å². The van der Waals surface area contributed by atoms with Gasteiger partial charge in [-0.1, -0.05) is 0 Å². The number of anilines is 1. The fourth-order valence-electron chi connectivity index (χ4n) is 2.22. The van der Waals surface area contributed by atoms with Gasteiger partial charge in [0.25, 0.3) is 0 Å². The Labute approximate surface area is 120 Å². The quantitative estimate of drug-likeness (QED) is 0.735. The van der Waals surface area contributed by atoms with Gasteiger partial charge < -0.3 is 20.1 Å². The average Bonchev–Trinajstić information content (AvgIpc) is 2.45. The van der Waals surface area contributed by atoms with E-state index in [9.17, 15) is 0 Å². The van der Waals surface area contributed by atoms with Crippen molar-refractivity contribution < 1.29 is 9.47 Å². The molecule has 2 rings (SSSR count). The molecule has 0 unspecified atom stereocenters. The van der Waals surface area contributed by atoms with Gasteiger partial charge in [0.2, 0.25) is 5.88 Å². The van der Waals surface area contributed by atoms with Gasteiger partial charge >= 0.3 is 0 Å². The normalized spacial score (nSPS) is 16.1. The molecule has 1 aliphatic rings. The first-order valence-corrected chi connectivity index (χ1v) is 7.32. The predicted octanol–water partition coefficient (Wildman–Crippen LogP) is 1.36. The zero-order valence-electron chi connectivity index (χ0n) is 12.3. The number of rotatable bonds is 7. The Morgan fingerprint density at radius 2 is 2.15 bits per heavy atom. The maximum absolute atomic E-state index is 5.84. The molecule has 0 saturated carbocycles. The second kappa shape index (κ2) is 8.01. The van der Waals surface area contributed by atoms with Crippen LogP contribution in [0.4, 0.5) is 5.82 Å². The van der Waals surface area contributed by atoms with E-state index in [1.807, 2.05) is 19.9 Å². The van der Waals surface area contributed by atoms with E-state index >= 15 is 0 Å². The van der Waals surface area contributed by atoms with Crippen LogP contribution in [0.3, 0.4) is 0 Å². The first kappa shape index (κ1) is 15.0. The molecular formula is C14H24N4O2. The van der Waals surface area contributed by atoms with Crippen LogP contribution >= 0.6 is 0 Å². The summed E-state index contributed by atoms with van der Waals surface area (Å²) in [5.41, 5.74) is 0. The average molecular weight is 280 g/mol. The minimum Gasteiger partial charge on any atom is -0.478 e. The minimum absolute atomic E-state index is 0.393. The Morgan fingerprint density at radius 3 is 2.90 bits per heavy atom. The summed E-state index contributed by atoms with van der Waals surface area (Å²) >= 11 is 0. The molecule has 6 heteroatoms. The lowest BCUT2D eigenvalue weighted by Gasteiger charge is -2.23. The van der Waals surface area contributed by atoms with E-state index in [-0.39, 0.29) is 0 Å². The van der Waals surface area contributed by atoms with Crippen molar-refractivity contribution in [1.82, 2.24) is 15.3 Å². The van der Waals surface area contributed by atoms with Gasteiger partial charge in [-0.15, -0.1) is 0 Å². The van der Waals surface area contributed by atoms with E-state index in [1.54, 1.807) is 0 Å². The highest BCUT2D eigenvalue weighted by molar-refractivity contribution is 5.38. The Morgan fingerprint density at radius 1 is 1.35 bits per heavy atom. The number of piperidine rings is 1. The van der Waals surface area contributed by atoms with Crippen LogP contribution in [0.5, 0.6) is 5.88 Å². The van der Waals surface area contributed by atoms with Crippen LogP contribution in [0.25, 0.3) is 0 Å². The number of aryl methyl sites for hydroxylation is 1. The minimum atomic E-state index is 0.393. The molecule has 1 aromatic heterocycles. The molecule has 1 saturated heterocycles. The number of hydrogen-bond acceptors (Lipinski definition) is 6. The lowest BCUT2D eigenvalue weighted by molar-refractivity contribution is 0.0394. The summed E-state index contributed by atoms with van der Waals surface area (Å²) in [4.78, 5) is 8.55. The lowest BCUT2D eigenvalue weighted by atomic mass is 10.1. The molecule has 20 heavy (non-hydrogen) atoms. The van der Waals surface area contributed by atoms with E-state index in [1.165, 1.54) is 0 Å². The molecule has 0 atom stereocenters. The van der Waals surface area contributed by atoms with Gasteiger partial charge in [-0.05, 0) is 39.8 Å². The van der Waals surface area contributed by atoms with E-state index in [2.05, 4.69) is 20.6 Å². The summed E-state index contributed by atoms with van der Waals surface area (Å²) in [6.07, 6.45) is 2.59. The lowest BCUT2D eigenvalue weighted by Crippen LogP contribution is -2.33. The maximum atomic E-state index is 5.84. The zero-order chi connectivity index (χ0) is 14.2. The van der Waals surface area contributed by atoms with Crippen molar-refractivity contribution in [2.45, 2.75) is 32.8 Å². The highest BCUT2D eigenvalue weighted by Gasteiger charge is 2.12. The van der Waals surface area contributed by atoms with Gasteiger partial charge in [-0.2, -0.15) is 4.98 Å². The van der Waals surface area contributed by atoms with Crippen molar-refractivity contribution in [2.24, 2.45) is 0 Å². The van der Waals surface area contributed by atoms with Crippen molar-refractivity contribution in [3.05, 3.63) is 11.9 Å². The first-order valence-electron chi connectivity index (χ1n) is 7.32. The first-order chi connectivity index (χ1) is 9.78. The van der Waals surface area contributed by atoms with Gasteiger partial charge in [-0.3, -0.25) is 0 Å². The second-order valence-electron chi connectivity index (χ2n) is 4.82. The second-order valence-corrected chi connectivity index (χ2v) is 4.82. The van der Waals surface area contributed by atoms with Gasteiger partial charge in [0.15, 0.2) is 0 Å². The van der Waals surface area contributed by atoms with Crippen LogP contribution in [0, 0.1) is 6.92 Å². The SMILES string of the molecule is CCOc1cc(NCCOC2CCNCC2)nc(C)n1. The van der Waals surface area contributed by atoms with Crippen LogP contribution in [0.2, 0.25) is 0 Å². The van der Waals surface area contributed by atoms with E-state index in [0.717, 1.165) is 38.3 Å². The highest BCUT2D eigenvalue weighted by Crippen LogP contribution is 2.13. The number of nitrogens with one attached hydrogen (secondary N) is 2. The predicted molar refractivity (Wildman–Crippen MR) is 78.3 cm³/mol. The summed E-state index contributed by atoms with van der Waals surface area (Å²) in [5, 5.41) is 6.58. The Hall–Kier alpha value is -1.40. The molecule has 0 radical (unpaired) electrons. The molecule has 1 aliphatic heterocycles. The third-order valence-corrected chi connectivity index (χ3v) is 3.15. The van der Waals surface area contributed by atoms with Crippen LogP contribution in [0.15, 0.2) is 6.07 Å². The van der Waals surface area contributed by atoms with Gasteiger partial charge in [0.05, 0.1) is 19.3 Å². The number of hydrogen-bond donors (Lipinski definition) is 2. The summed E-state index contributed by atoms with van der Waals surface area (Å²) < 4.78 is 11.2. The van der Waals surface area contributed by atoms with E-state index in [4.69, 9.17) is 9.47 Å². The fraction of sp³-hybridized carbons (Fsp3) is 0.714. The summed E-state index contributed by atoms with van der Waals surface area (Å²) in [7, 11) is 0. The maximum Gasteiger partial charge on any atom is 0.218 e. The van der Waals surface area contributed by atoms with E-state index in [0.29, 0.717) is 31.0 Å². The van der Waals surface area contributed by atoms with Crippen molar-refractivity contribution in [3.8, 4) is 5.88 Å². The third kappa shape index (κ3) is 4.94. The van der Waals surface area contributed by atoms with Crippen LogP contribution in [-0.2, 0) is 4.74 Å². The molecule has 112 valence electrons. The monoisotopic (exact) mass is 280 g/mol. The summed E-state index contributed by atoms with van der Waals surface area (Å²) in [6, 6.07) is 1.82. The van der Waals surface area contributed by atoms with Crippen molar-refractivity contribution in [1.29, 1.82) is 0 Å². The molecule has 0 bridgehead atoms. The third-order valence-electron chi connectivity index (χ3n) is 3.15. The number of ether oxygens (including phenoxy) is 2. The molecule has 2 heterocycles. The molecule has 1 fully saturated rings. The zero-order valence-corrected chi connectivity index (χ0v) is 12.3. The molecular weight excluding hydrogens is 256 g/mol. The van der Waals surface area contributed by atoms with Crippen LogP contribution < -0.4 is 15.4 Å². The molecule has 1 aromatic rings. The molecule has 0 aliphatic carbocycles. The molecule has 2 N–H and O–H groups in total. The Balaban J connectivity index is 1.72. The van der Waals surface area contributed by atoms with Crippen molar-refractivity contribution in [3.63, 3.8) is 0 Å².